The maximum absolute atomic E-state index is 4.05. The van der Waals surface area contributed by atoms with Crippen LogP contribution in [0.15, 0.2) is 46.9 Å². The van der Waals surface area contributed by atoms with E-state index in [1.54, 1.807) is 12.4 Å². The number of nitrogens with one attached hydrogen (secondary N) is 2. The van der Waals surface area contributed by atoms with Crippen LogP contribution in [0.1, 0.15) is 11.4 Å². The second-order valence-corrected chi connectivity index (χ2v) is 6.96. The fourth-order valence-electron chi connectivity index (χ4n) is 1.21. The Balaban J connectivity index is 0.000000443. The molecule has 11 heteroatoms. The molecular weight excluding hydrogens is 444 g/mol. The van der Waals surface area contributed by atoms with Crippen molar-refractivity contribution in [3.63, 3.8) is 0 Å². The van der Waals surface area contributed by atoms with E-state index >= 15 is 0 Å². The van der Waals surface area contributed by atoms with Crippen LogP contribution in [-0.4, -0.2) is 43.5 Å². The normalized spacial score (nSPS) is 10.0. The Morgan fingerprint density at radius 3 is 1.60 bits per heavy atom. The summed E-state index contributed by atoms with van der Waals surface area (Å²) in [4.78, 5) is 5.96. The molecule has 2 rings (SSSR count). The first kappa shape index (κ1) is 23.9. The van der Waals surface area contributed by atoms with Crippen LogP contribution in [-0.2, 0) is 41.5 Å². The van der Waals surface area contributed by atoms with E-state index in [0.717, 1.165) is 11.4 Å². The molecule has 0 spiro atoms. The number of nitrogens with zero attached hydrogens (tertiary/aromatic N) is 4. The molecule has 2 N–H and O–H groups in total. The first-order valence-electron chi connectivity index (χ1n) is 6.60. The van der Waals surface area contributed by atoms with E-state index in [9.17, 15) is 0 Å². The molecule has 6 nitrogen and oxygen atoms in total. The van der Waals surface area contributed by atoms with Gasteiger partial charge < -0.3 is 31.0 Å². The fraction of sp³-hybridized carbons (Fsp3) is 0.143. The van der Waals surface area contributed by atoms with Crippen LogP contribution >= 0.6 is 23.5 Å². The standard InChI is InChI=1S/2C7H9N3S2.Cu/c2*1-12-7(11)10-9-5-6-3-2-4-8-6;/h2*2-5H,1H3,(H2,8,9,10,11);. The molecule has 0 saturated carbocycles. The zero-order valence-corrected chi connectivity index (χ0v) is 17.8. The Bertz CT molecular complexity index is 597. The van der Waals surface area contributed by atoms with Gasteiger partial charge in [0, 0.05) is 41.9 Å². The molecule has 2 aromatic rings. The van der Waals surface area contributed by atoms with Gasteiger partial charge in [-0.05, 0) is 36.8 Å². The average Bonchev–Trinajstić information content (AvgIpc) is 3.29. The number of hydrogen-bond acceptors (Lipinski definition) is 4. The summed E-state index contributed by atoms with van der Waals surface area (Å²) in [7, 11) is 0. The molecule has 0 amide bonds. The Hall–Kier alpha value is -1.10. The van der Waals surface area contributed by atoms with Crippen LogP contribution in [0.5, 0.6) is 0 Å². The van der Waals surface area contributed by atoms with Gasteiger partial charge in [0.1, 0.15) is 0 Å². The van der Waals surface area contributed by atoms with Gasteiger partial charge in [-0.3, -0.25) is 0 Å². The first-order valence-corrected chi connectivity index (χ1v) is 9.94. The third kappa shape index (κ3) is 12.0. The maximum Gasteiger partial charge on any atom is 0.174 e. The summed E-state index contributed by atoms with van der Waals surface area (Å²) >= 11 is 11.0. The Morgan fingerprint density at radius 2 is 1.32 bits per heavy atom. The van der Waals surface area contributed by atoms with Gasteiger partial charge >= 0.3 is 0 Å². The van der Waals surface area contributed by atoms with Crippen molar-refractivity contribution in [2.24, 2.45) is 10.2 Å². The van der Waals surface area contributed by atoms with E-state index in [0.29, 0.717) is 8.64 Å². The van der Waals surface area contributed by atoms with Crippen molar-refractivity contribution >= 4 is 69.0 Å². The predicted molar refractivity (Wildman–Crippen MR) is 118 cm³/mol. The minimum atomic E-state index is 0. The van der Waals surface area contributed by atoms with Gasteiger partial charge in [0.25, 0.3) is 0 Å². The summed E-state index contributed by atoms with van der Waals surface area (Å²) < 4.78 is 1.30. The van der Waals surface area contributed by atoms with E-state index in [-0.39, 0.29) is 17.1 Å². The first-order chi connectivity index (χ1) is 11.7. The molecule has 0 bridgehead atoms. The number of rotatable bonds is 4. The molecule has 2 aromatic heterocycles. The van der Waals surface area contributed by atoms with Crippen LogP contribution in [0.25, 0.3) is 10.9 Å². The van der Waals surface area contributed by atoms with Gasteiger partial charge in [0.05, 0.1) is 11.4 Å². The van der Waals surface area contributed by atoms with Crippen molar-refractivity contribution in [2.45, 2.75) is 0 Å². The zero-order valence-electron chi connectivity index (χ0n) is 13.4. The zero-order chi connectivity index (χ0) is 17.6. The molecule has 0 aliphatic heterocycles. The van der Waals surface area contributed by atoms with E-state index in [2.05, 4.69) is 55.5 Å². The molecule has 139 valence electrons. The molecule has 0 fully saturated rings. The van der Waals surface area contributed by atoms with Gasteiger partial charge in [-0.15, -0.1) is 0 Å². The number of aromatic nitrogens is 2. The largest absolute Gasteiger partial charge is 0.520 e. The number of hydrogen-bond donors (Lipinski definition) is 2. The third-order valence-corrected chi connectivity index (χ3v) is 4.46. The van der Waals surface area contributed by atoms with Crippen LogP contribution < -0.4 is 0 Å². The van der Waals surface area contributed by atoms with E-state index in [4.69, 9.17) is 0 Å². The number of thiol groups is 2. The second-order valence-electron chi connectivity index (χ2n) is 3.91. The number of H-pyrrole nitrogens is 2. The summed E-state index contributed by atoms with van der Waals surface area (Å²) in [6.45, 7) is 0. The second kappa shape index (κ2) is 15.2. The van der Waals surface area contributed by atoms with Crippen LogP contribution in [0.2, 0.25) is 0 Å². The van der Waals surface area contributed by atoms with Crippen molar-refractivity contribution in [1.82, 2.24) is 9.97 Å². The summed E-state index contributed by atoms with van der Waals surface area (Å²) in [6, 6.07) is 7.63. The van der Waals surface area contributed by atoms with E-state index in [1.807, 2.05) is 49.2 Å². The van der Waals surface area contributed by atoms with Gasteiger partial charge in [0.2, 0.25) is 0 Å². The minimum Gasteiger partial charge on any atom is -0.520 e. The molecule has 0 saturated heterocycles. The third-order valence-electron chi connectivity index (χ3n) is 2.29. The molecule has 2 heterocycles. The van der Waals surface area contributed by atoms with Crippen LogP contribution in [0, 0.1) is 0 Å². The molecule has 0 unspecified atom stereocenters. The number of thioether (sulfide) groups is 2. The van der Waals surface area contributed by atoms with Crippen molar-refractivity contribution in [1.29, 1.82) is 0 Å². The topological polar surface area (TPSA) is 84.5 Å². The molecule has 0 atom stereocenters. The molecular formula is C14H18CuN6S4. The van der Waals surface area contributed by atoms with Crippen molar-refractivity contribution in [3.8, 4) is 0 Å². The van der Waals surface area contributed by atoms with E-state index in [1.165, 1.54) is 23.5 Å². The van der Waals surface area contributed by atoms with E-state index < -0.39 is 0 Å². The van der Waals surface area contributed by atoms with Gasteiger partial charge in [0.15, 0.2) is 33.1 Å². The van der Waals surface area contributed by atoms with Gasteiger partial charge in [-0.2, -0.15) is 0 Å². The van der Waals surface area contributed by atoms with Gasteiger partial charge in [-0.1, -0.05) is 23.5 Å². The smallest absolute Gasteiger partial charge is 0.174 e. The summed E-state index contributed by atoms with van der Waals surface area (Å²) in [5, 5.41) is 7.64. The fourth-order valence-corrected chi connectivity index (χ4v) is 1.57. The SMILES string of the molecule is CSC(=[SH+])[N-]N=Cc1ccc[nH]1.CSC(=[SH+])[N-]N=Cc1ccc[nH]1.[Cu]. The van der Waals surface area contributed by atoms with Crippen LogP contribution in [0.3, 0.4) is 0 Å². The quantitative estimate of drug-likeness (QED) is 0.183. The number of aromatic amines is 2. The summed E-state index contributed by atoms with van der Waals surface area (Å²) in [5.74, 6) is 0. The predicted octanol–water partition coefficient (Wildman–Crippen LogP) is 2.90. The molecule has 0 aliphatic carbocycles. The van der Waals surface area contributed by atoms with Crippen molar-refractivity contribution in [3.05, 3.63) is 58.9 Å². The van der Waals surface area contributed by atoms with Crippen molar-refractivity contribution in [2.75, 3.05) is 12.5 Å². The molecule has 25 heavy (non-hydrogen) atoms. The average molecular weight is 462 g/mol. The summed E-state index contributed by atoms with van der Waals surface area (Å²) in [5.41, 5.74) is 9.48. The Morgan fingerprint density at radius 1 is 0.920 bits per heavy atom. The molecule has 0 aromatic carbocycles. The molecule has 0 aliphatic rings. The van der Waals surface area contributed by atoms with Crippen molar-refractivity contribution < 1.29 is 17.1 Å². The van der Waals surface area contributed by atoms with Crippen LogP contribution in [0.4, 0.5) is 0 Å². The Kier molecular flexibility index (Phi) is 14.5. The van der Waals surface area contributed by atoms with Gasteiger partial charge in [-0.25, -0.2) is 0 Å². The monoisotopic (exact) mass is 461 g/mol. The maximum atomic E-state index is 4.05. The Labute approximate surface area is 176 Å². The summed E-state index contributed by atoms with van der Waals surface area (Å²) in [6.07, 6.45) is 10.8. The molecule has 1 radical (unpaired) electrons. The minimum absolute atomic E-state index is 0.